The van der Waals surface area contributed by atoms with Crippen LogP contribution in [0.5, 0.6) is 0 Å². The molecule has 4 nitrogen and oxygen atoms in total. The Labute approximate surface area is 146 Å². The van der Waals surface area contributed by atoms with Crippen LogP contribution in [0.15, 0.2) is 24.3 Å². The van der Waals surface area contributed by atoms with Gasteiger partial charge in [-0.05, 0) is 75.9 Å². The van der Waals surface area contributed by atoms with E-state index in [1.165, 1.54) is 45.2 Å². The van der Waals surface area contributed by atoms with Gasteiger partial charge in [-0.15, -0.1) is 0 Å². The van der Waals surface area contributed by atoms with E-state index in [9.17, 15) is 4.79 Å². The summed E-state index contributed by atoms with van der Waals surface area (Å²) >= 11 is 0. The Bertz CT molecular complexity index is 526. The number of benzene rings is 1. The number of amides is 1. The zero-order valence-electron chi connectivity index (χ0n) is 15.1. The number of piperidine rings is 1. The van der Waals surface area contributed by atoms with Crippen LogP contribution in [0.4, 0.5) is 5.69 Å². The first-order valence-electron chi connectivity index (χ1n) is 9.46. The number of rotatable bonds is 4. The van der Waals surface area contributed by atoms with Crippen molar-refractivity contribution in [1.82, 2.24) is 10.2 Å². The zero-order chi connectivity index (χ0) is 16.9. The molecule has 0 atom stereocenters. The molecule has 1 saturated carbocycles. The van der Waals surface area contributed by atoms with Crippen molar-refractivity contribution in [2.45, 2.75) is 57.0 Å². The van der Waals surface area contributed by atoms with Gasteiger partial charge in [0.15, 0.2) is 0 Å². The Morgan fingerprint density at radius 2 is 1.62 bits per heavy atom. The quantitative estimate of drug-likeness (QED) is 0.921. The van der Waals surface area contributed by atoms with Gasteiger partial charge in [-0.2, -0.15) is 0 Å². The summed E-state index contributed by atoms with van der Waals surface area (Å²) in [7, 11) is 4.02. The zero-order valence-corrected chi connectivity index (χ0v) is 15.1. The van der Waals surface area contributed by atoms with Crippen LogP contribution in [-0.4, -0.2) is 50.1 Å². The number of anilines is 1. The van der Waals surface area contributed by atoms with E-state index in [0.29, 0.717) is 6.04 Å². The fourth-order valence-corrected chi connectivity index (χ4v) is 4.05. The molecule has 2 aliphatic rings. The van der Waals surface area contributed by atoms with Crippen LogP contribution in [0, 0.1) is 0 Å². The molecule has 1 N–H and O–H groups in total. The summed E-state index contributed by atoms with van der Waals surface area (Å²) in [4.78, 5) is 17.2. The topological polar surface area (TPSA) is 35.6 Å². The Hall–Kier alpha value is -1.55. The van der Waals surface area contributed by atoms with E-state index in [1.807, 2.05) is 43.3 Å². The second kappa shape index (κ2) is 8.02. The molecule has 0 bridgehead atoms. The summed E-state index contributed by atoms with van der Waals surface area (Å²) in [5, 5.41) is 3.24. The molecule has 3 rings (SSSR count). The van der Waals surface area contributed by atoms with E-state index < -0.39 is 0 Å². The lowest BCUT2D eigenvalue weighted by Gasteiger charge is -2.39. The smallest absolute Gasteiger partial charge is 0.251 e. The number of carbonyl (C=O) groups excluding carboxylic acids is 1. The van der Waals surface area contributed by atoms with Crippen molar-refractivity contribution in [1.29, 1.82) is 0 Å². The van der Waals surface area contributed by atoms with Gasteiger partial charge < -0.3 is 15.1 Å². The lowest BCUT2D eigenvalue weighted by molar-refractivity contribution is 0.0887. The molecule has 1 heterocycles. The van der Waals surface area contributed by atoms with Crippen molar-refractivity contribution < 1.29 is 4.79 Å². The molecule has 0 unspecified atom stereocenters. The van der Waals surface area contributed by atoms with Gasteiger partial charge in [0, 0.05) is 37.4 Å². The van der Waals surface area contributed by atoms with Gasteiger partial charge in [-0.3, -0.25) is 4.79 Å². The van der Waals surface area contributed by atoms with Crippen molar-refractivity contribution >= 4 is 11.6 Å². The van der Waals surface area contributed by atoms with E-state index in [2.05, 4.69) is 10.2 Å². The number of hydrogen-bond acceptors (Lipinski definition) is 3. The van der Waals surface area contributed by atoms with Crippen molar-refractivity contribution in [2.24, 2.45) is 0 Å². The van der Waals surface area contributed by atoms with Crippen LogP contribution in [0.1, 0.15) is 55.3 Å². The van der Waals surface area contributed by atoms with Crippen LogP contribution in [0.25, 0.3) is 0 Å². The van der Waals surface area contributed by atoms with Gasteiger partial charge in [-0.1, -0.05) is 6.42 Å². The van der Waals surface area contributed by atoms with Gasteiger partial charge >= 0.3 is 0 Å². The molecule has 2 fully saturated rings. The first kappa shape index (κ1) is 17.3. The predicted molar refractivity (Wildman–Crippen MR) is 99.7 cm³/mol. The number of nitrogens with zero attached hydrogens (tertiary/aromatic N) is 2. The van der Waals surface area contributed by atoms with E-state index in [4.69, 9.17) is 0 Å². The molecule has 0 radical (unpaired) electrons. The molecule has 1 aliphatic heterocycles. The van der Waals surface area contributed by atoms with E-state index in [0.717, 1.165) is 30.1 Å². The second-order valence-corrected chi connectivity index (χ2v) is 7.52. The molecule has 1 saturated heterocycles. The average Bonchev–Trinajstić information content (AvgIpc) is 2.63. The molecule has 1 aromatic rings. The van der Waals surface area contributed by atoms with Crippen LogP contribution in [0.2, 0.25) is 0 Å². The highest BCUT2D eigenvalue weighted by Crippen LogP contribution is 2.26. The summed E-state index contributed by atoms with van der Waals surface area (Å²) in [5.74, 6) is 0.0710. The monoisotopic (exact) mass is 329 g/mol. The highest BCUT2D eigenvalue weighted by Gasteiger charge is 2.27. The molecule has 1 aliphatic carbocycles. The summed E-state index contributed by atoms with van der Waals surface area (Å²) in [6.07, 6.45) is 8.80. The Morgan fingerprint density at radius 3 is 2.21 bits per heavy atom. The SMILES string of the molecule is CN(C)c1ccc(C(=O)NC2CCC(N3CCCCC3)CC2)cc1. The Kier molecular flexibility index (Phi) is 5.77. The van der Waals surface area contributed by atoms with Crippen LogP contribution >= 0.6 is 0 Å². The third-order valence-corrected chi connectivity index (χ3v) is 5.58. The summed E-state index contributed by atoms with van der Waals surface area (Å²) < 4.78 is 0. The van der Waals surface area contributed by atoms with Crippen LogP contribution in [0.3, 0.4) is 0 Å². The molecular weight excluding hydrogens is 298 g/mol. The first-order valence-corrected chi connectivity index (χ1v) is 9.46. The molecule has 4 heteroatoms. The summed E-state index contributed by atoms with van der Waals surface area (Å²) in [5.41, 5.74) is 1.88. The Balaban J connectivity index is 1.47. The fraction of sp³-hybridized carbons (Fsp3) is 0.650. The standard InChI is InChI=1S/C20H31N3O/c1-22(2)18-10-6-16(7-11-18)20(24)21-17-8-12-19(13-9-17)23-14-4-3-5-15-23/h6-7,10-11,17,19H,3-5,8-9,12-15H2,1-2H3,(H,21,24). The minimum atomic E-state index is 0.0710. The Morgan fingerprint density at radius 1 is 1.00 bits per heavy atom. The van der Waals surface area contributed by atoms with E-state index in [-0.39, 0.29) is 5.91 Å². The maximum Gasteiger partial charge on any atom is 0.251 e. The van der Waals surface area contributed by atoms with Crippen LogP contribution in [-0.2, 0) is 0 Å². The predicted octanol–water partition coefficient (Wildman–Crippen LogP) is 3.28. The first-order chi connectivity index (χ1) is 11.6. The molecule has 24 heavy (non-hydrogen) atoms. The molecule has 0 aromatic heterocycles. The van der Waals surface area contributed by atoms with Gasteiger partial charge in [0.25, 0.3) is 5.91 Å². The average molecular weight is 329 g/mol. The lowest BCUT2D eigenvalue weighted by Crippen LogP contribution is -2.45. The highest BCUT2D eigenvalue weighted by atomic mass is 16.1. The molecular formula is C20H31N3O. The maximum atomic E-state index is 12.4. The minimum absolute atomic E-state index is 0.0710. The van der Waals surface area contributed by atoms with Crippen molar-refractivity contribution in [2.75, 3.05) is 32.1 Å². The second-order valence-electron chi connectivity index (χ2n) is 7.52. The van der Waals surface area contributed by atoms with Crippen molar-refractivity contribution in [3.63, 3.8) is 0 Å². The van der Waals surface area contributed by atoms with Crippen LogP contribution < -0.4 is 10.2 Å². The van der Waals surface area contributed by atoms with Gasteiger partial charge in [0.2, 0.25) is 0 Å². The van der Waals surface area contributed by atoms with Crippen molar-refractivity contribution in [3.05, 3.63) is 29.8 Å². The molecule has 132 valence electrons. The molecule has 0 spiro atoms. The van der Waals surface area contributed by atoms with Gasteiger partial charge in [0.05, 0.1) is 0 Å². The fourth-order valence-electron chi connectivity index (χ4n) is 4.05. The van der Waals surface area contributed by atoms with Crippen molar-refractivity contribution in [3.8, 4) is 0 Å². The van der Waals surface area contributed by atoms with Gasteiger partial charge in [0.1, 0.15) is 0 Å². The number of likely N-dealkylation sites (tertiary alicyclic amines) is 1. The van der Waals surface area contributed by atoms with E-state index in [1.54, 1.807) is 0 Å². The minimum Gasteiger partial charge on any atom is -0.378 e. The number of hydrogen-bond donors (Lipinski definition) is 1. The third kappa shape index (κ3) is 4.29. The molecule has 1 aromatic carbocycles. The van der Waals surface area contributed by atoms with Gasteiger partial charge in [-0.25, -0.2) is 0 Å². The largest absolute Gasteiger partial charge is 0.378 e. The van der Waals surface area contributed by atoms with E-state index >= 15 is 0 Å². The highest BCUT2D eigenvalue weighted by molar-refractivity contribution is 5.94. The number of nitrogens with one attached hydrogen (secondary N) is 1. The third-order valence-electron chi connectivity index (χ3n) is 5.58. The molecule has 1 amide bonds. The number of carbonyl (C=O) groups is 1. The maximum absolute atomic E-state index is 12.4. The summed E-state index contributed by atoms with van der Waals surface area (Å²) in [6.45, 7) is 2.56. The summed E-state index contributed by atoms with van der Waals surface area (Å²) in [6, 6.07) is 8.93. The normalized spacial score (nSPS) is 25.2. The lowest BCUT2D eigenvalue weighted by atomic mass is 9.89.